The monoisotopic (exact) mass is 417 g/mol. The van der Waals surface area contributed by atoms with Crippen molar-refractivity contribution >= 4 is 23.8 Å². The fourth-order valence-electron chi connectivity index (χ4n) is 2.56. The number of likely N-dealkylation sites (N-methyl/N-ethyl adjacent to an activating group) is 1. The minimum absolute atomic E-state index is 0.0455. The molecule has 0 aromatic rings. The highest BCUT2D eigenvalue weighted by molar-refractivity contribution is 5.85. The van der Waals surface area contributed by atoms with Gasteiger partial charge in [0.1, 0.15) is 12.6 Å². The molecule has 2 unspecified atom stereocenters. The van der Waals surface area contributed by atoms with Crippen molar-refractivity contribution in [3.8, 4) is 0 Å². The van der Waals surface area contributed by atoms with Crippen molar-refractivity contribution in [2.75, 3.05) is 40.8 Å². The van der Waals surface area contributed by atoms with Gasteiger partial charge in [0, 0.05) is 18.3 Å². The van der Waals surface area contributed by atoms with Crippen molar-refractivity contribution in [2.24, 2.45) is 17.6 Å². The Balaban J connectivity index is 4.64. The van der Waals surface area contributed by atoms with Crippen LogP contribution in [0.25, 0.3) is 0 Å². The van der Waals surface area contributed by atoms with Crippen molar-refractivity contribution in [2.45, 2.75) is 45.8 Å². The van der Waals surface area contributed by atoms with Crippen LogP contribution in [0.15, 0.2) is 0 Å². The minimum atomic E-state index is -1.29. The molecule has 10 nitrogen and oxygen atoms in total. The molecule has 10 heteroatoms. The third-order valence-corrected chi connectivity index (χ3v) is 3.89. The Bertz CT molecular complexity index is 573. The number of carboxylic acid groups (broad SMARTS) is 1. The molecule has 0 aromatic carbocycles. The highest BCUT2D eigenvalue weighted by atomic mass is 16.5. The molecule has 1 amide bonds. The summed E-state index contributed by atoms with van der Waals surface area (Å²) < 4.78 is 10.9. The predicted octanol–water partition coefficient (Wildman–Crippen LogP) is -1.59. The number of ether oxygens (including phenoxy) is 2. The van der Waals surface area contributed by atoms with Crippen LogP contribution in [0, 0.1) is 11.8 Å². The Hall–Kier alpha value is -2.20. The Morgan fingerprint density at radius 2 is 1.66 bits per heavy atom. The second-order valence-corrected chi connectivity index (χ2v) is 8.59. The van der Waals surface area contributed by atoms with Gasteiger partial charge in [0.05, 0.1) is 40.7 Å². The smallest absolute Gasteiger partial charge is 0.328 e. The quantitative estimate of drug-likeness (QED) is 0.269. The summed E-state index contributed by atoms with van der Waals surface area (Å²) in [4.78, 5) is 46.7. The van der Waals surface area contributed by atoms with Crippen LogP contribution in [0.3, 0.4) is 0 Å². The van der Waals surface area contributed by atoms with Gasteiger partial charge in [0.25, 0.3) is 0 Å². The number of quaternary nitrogens is 1. The molecule has 3 atom stereocenters. The van der Waals surface area contributed by atoms with Gasteiger partial charge in [-0.05, 0) is 5.92 Å². The van der Waals surface area contributed by atoms with Gasteiger partial charge in [0.15, 0.2) is 6.10 Å². The lowest BCUT2D eigenvalue weighted by atomic mass is 10.0. The van der Waals surface area contributed by atoms with Crippen LogP contribution in [0.2, 0.25) is 0 Å². The molecule has 0 heterocycles. The van der Waals surface area contributed by atoms with E-state index in [4.69, 9.17) is 15.2 Å². The summed E-state index contributed by atoms with van der Waals surface area (Å²) in [6.45, 7) is 5.25. The third-order valence-electron chi connectivity index (χ3n) is 3.89. The minimum Gasteiger partial charge on any atom is -0.550 e. The number of esters is 2. The van der Waals surface area contributed by atoms with Crippen LogP contribution >= 0.6 is 0 Å². The first kappa shape index (κ1) is 26.8. The molecular weight excluding hydrogens is 382 g/mol. The molecule has 3 N–H and O–H groups in total. The van der Waals surface area contributed by atoms with Crippen LogP contribution in [-0.4, -0.2) is 81.3 Å². The lowest BCUT2D eigenvalue weighted by Crippen LogP contribution is -2.47. The summed E-state index contributed by atoms with van der Waals surface area (Å²) in [5.74, 6) is -3.49. The van der Waals surface area contributed by atoms with Gasteiger partial charge < -0.3 is 34.9 Å². The lowest BCUT2D eigenvalue weighted by Gasteiger charge is -2.29. The molecule has 0 bridgehead atoms. The number of hydrogen-bond acceptors (Lipinski definition) is 8. The topological polar surface area (TPSA) is 148 Å². The first-order chi connectivity index (χ1) is 13.2. The van der Waals surface area contributed by atoms with Crippen LogP contribution in [0.5, 0.6) is 0 Å². The number of hydrogen-bond donors (Lipinski definition) is 2. The summed E-state index contributed by atoms with van der Waals surface area (Å²) >= 11 is 0. The first-order valence-corrected chi connectivity index (χ1v) is 9.61. The van der Waals surface area contributed by atoms with Gasteiger partial charge >= 0.3 is 11.9 Å². The van der Waals surface area contributed by atoms with E-state index in [0.29, 0.717) is 11.0 Å². The fourth-order valence-corrected chi connectivity index (χ4v) is 2.56. The van der Waals surface area contributed by atoms with E-state index in [1.807, 2.05) is 21.1 Å². The average molecular weight is 418 g/mol. The van der Waals surface area contributed by atoms with Crippen molar-refractivity contribution in [3.05, 3.63) is 0 Å². The van der Waals surface area contributed by atoms with E-state index in [9.17, 15) is 24.3 Å². The van der Waals surface area contributed by atoms with E-state index < -0.39 is 36.0 Å². The molecule has 0 fully saturated rings. The highest BCUT2D eigenvalue weighted by Crippen LogP contribution is 2.11. The Morgan fingerprint density at radius 3 is 2.10 bits per heavy atom. The van der Waals surface area contributed by atoms with E-state index in [-0.39, 0.29) is 37.8 Å². The number of nitrogens with one attached hydrogen (secondary N) is 1. The third kappa shape index (κ3) is 12.8. The number of nitrogens with two attached hydrogens (primary N) is 1. The molecule has 0 rings (SSSR count). The Labute approximate surface area is 172 Å². The number of carbonyl (C=O) groups excluding carboxylic acids is 4. The Morgan fingerprint density at radius 1 is 1.07 bits per heavy atom. The summed E-state index contributed by atoms with van der Waals surface area (Å²) in [5.41, 5.74) is 5.25. The van der Waals surface area contributed by atoms with E-state index in [0.717, 1.165) is 0 Å². The molecule has 0 spiro atoms. The van der Waals surface area contributed by atoms with E-state index >= 15 is 0 Å². The van der Waals surface area contributed by atoms with Crippen molar-refractivity contribution in [1.29, 1.82) is 0 Å². The first-order valence-electron chi connectivity index (χ1n) is 9.61. The molecule has 0 aliphatic carbocycles. The highest BCUT2D eigenvalue weighted by Gasteiger charge is 2.27. The second kappa shape index (κ2) is 12.4. The van der Waals surface area contributed by atoms with Gasteiger partial charge in [-0.2, -0.15) is 0 Å². The van der Waals surface area contributed by atoms with Crippen molar-refractivity contribution in [3.63, 3.8) is 0 Å². The van der Waals surface area contributed by atoms with E-state index in [1.165, 1.54) is 0 Å². The van der Waals surface area contributed by atoms with Crippen LogP contribution in [0.1, 0.15) is 33.6 Å². The molecule has 0 aliphatic rings. The van der Waals surface area contributed by atoms with Gasteiger partial charge in [-0.1, -0.05) is 20.8 Å². The van der Waals surface area contributed by atoms with Crippen molar-refractivity contribution in [1.82, 2.24) is 5.32 Å². The molecule has 0 aliphatic heterocycles. The van der Waals surface area contributed by atoms with Crippen LogP contribution in [0.4, 0.5) is 0 Å². The van der Waals surface area contributed by atoms with Gasteiger partial charge in [0.2, 0.25) is 5.91 Å². The SMILES string of the molecule is CC(COC(=O)[C@@H](NC(=O)CN)C(C)C)CC(=O)OC(CC(=O)[O-])C[N+](C)(C)C. The fraction of sp³-hybridized carbons (Fsp3) is 0.789. The summed E-state index contributed by atoms with van der Waals surface area (Å²) in [6.07, 6.45) is -1.24. The second-order valence-electron chi connectivity index (χ2n) is 8.59. The molecule has 0 saturated heterocycles. The van der Waals surface area contributed by atoms with Gasteiger partial charge in [-0.25, -0.2) is 4.79 Å². The lowest BCUT2D eigenvalue weighted by molar-refractivity contribution is -0.873. The maximum atomic E-state index is 12.2. The molecule has 0 saturated carbocycles. The summed E-state index contributed by atoms with van der Waals surface area (Å²) in [5, 5.41) is 13.4. The number of nitrogens with zero attached hydrogens (tertiary/aromatic N) is 1. The molecule has 29 heavy (non-hydrogen) atoms. The number of carbonyl (C=O) groups is 4. The largest absolute Gasteiger partial charge is 0.550 e. The molecular formula is C19H35N3O7. The Kier molecular flexibility index (Phi) is 11.4. The molecule has 168 valence electrons. The zero-order valence-electron chi connectivity index (χ0n) is 18.2. The standard InChI is InChI=1S/C19H35N3O7/c1-12(2)18(21-15(23)9-20)19(27)28-11-13(3)7-17(26)29-14(8-16(24)25)10-22(4,5)6/h12-14,18H,7-11,20H2,1-6H3,(H-,21,23,24,25)/t13?,14?,18-/m0/s1. The number of carboxylic acids is 1. The number of rotatable bonds is 13. The normalized spacial score (nSPS) is 14.6. The predicted molar refractivity (Wildman–Crippen MR) is 103 cm³/mol. The maximum Gasteiger partial charge on any atom is 0.328 e. The van der Waals surface area contributed by atoms with Crippen LogP contribution < -0.4 is 16.2 Å². The zero-order valence-corrected chi connectivity index (χ0v) is 18.2. The number of amides is 1. The van der Waals surface area contributed by atoms with Crippen molar-refractivity contribution < 1.29 is 38.2 Å². The summed E-state index contributed by atoms with van der Waals surface area (Å²) in [6, 6.07) is -0.831. The van der Waals surface area contributed by atoms with E-state index in [2.05, 4.69) is 5.32 Å². The maximum absolute atomic E-state index is 12.2. The summed E-state index contributed by atoms with van der Waals surface area (Å²) in [7, 11) is 5.56. The van der Waals surface area contributed by atoms with E-state index in [1.54, 1.807) is 20.8 Å². The van der Waals surface area contributed by atoms with Gasteiger partial charge in [-0.3, -0.25) is 9.59 Å². The van der Waals surface area contributed by atoms with Gasteiger partial charge in [-0.15, -0.1) is 0 Å². The molecule has 0 aromatic heterocycles. The average Bonchev–Trinajstić information content (AvgIpc) is 2.54. The molecule has 0 radical (unpaired) electrons. The zero-order chi connectivity index (χ0) is 22.8. The number of aliphatic carboxylic acids is 1. The van der Waals surface area contributed by atoms with Crippen LogP contribution in [-0.2, 0) is 28.7 Å².